The van der Waals surface area contributed by atoms with Crippen molar-refractivity contribution in [2.24, 2.45) is 10.9 Å². The Kier molecular flexibility index (Phi) is 5.79. The largest absolute Gasteiger partial charge is 0.409 e. The van der Waals surface area contributed by atoms with Crippen LogP contribution in [0.1, 0.15) is 17.7 Å². The van der Waals surface area contributed by atoms with E-state index in [0.717, 1.165) is 29.5 Å². The zero-order chi connectivity index (χ0) is 12.7. The van der Waals surface area contributed by atoms with Crippen LogP contribution in [-0.4, -0.2) is 35.5 Å². The van der Waals surface area contributed by atoms with Crippen LogP contribution in [0.4, 0.5) is 0 Å². The Morgan fingerprint density at radius 1 is 1.59 bits per heavy atom. The summed E-state index contributed by atoms with van der Waals surface area (Å²) in [5.41, 5.74) is 7.18. The van der Waals surface area contributed by atoms with E-state index in [0.29, 0.717) is 5.56 Å². The van der Waals surface area contributed by atoms with Crippen molar-refractivity contribution in [3.63, 3.8) is 0 Å². The fourth-order valence-electron chi connectivity index (χ4n) is 1.26. The standard InChI is InChI=1S/C11H17N3O2S/c1-8-4-5-9(10(12)14-15)11(13-8)17-7-3-6-16-2/h4-5,15H,3,6-7H2,1-2H3,(H2,12,14). The van der Waals surface area contributed by atoms with Gasteiger partial charge >= 0.3 is 0 Å². The van der Waals surface area contributed by atoms with Crippen molar-refractivity contribution in [3.05, 3.63) is 23.4 Å². The summed E-state index contributed by atoms with van der Waals surface area (Å²) in [7, 11) is 1.68. The third-order valence-electron chi connectivity index (χ3n) is 2.11. The van der Waals surface area contributed by atoms with E-state index in [1.807, 2.05) is 19.1 Å². The third kappa shape index (κ3) is 4.24. The molecule has 0 unspecified atom stereocenters. The molecule has 94 valence electrons. The lowest BCUT2D eigenvalue weighted by Gasteiger charge is -2.07. The van der Waals surface area contributed by atoms with Crippen LogP contribution in [0.15, 0.2) is 22.3 Å². The third-order valence-corrected chi connectivity index (χ3v) is 3.19. The molecule has 0 amide bonds. The van der Waals surface area contributed by atoms with Crippen LogP contribution in [0, 0.1) is 6.92 Å². The highest BCUT2D eigenvalue weighted by molar-refractivity contribution is 7.99. The van der Waals surface area contributed by atoms with Crippen molar-refractivity contribution in [1.29, 1.82) is 0 Å². The number of ether oxygens (including phenoxy) is 1. The average molecular weight is 255 g/mol. The maximum Gasteiger partial charge on any atom is 0.172 e. The van der Waals surface area contributed by atoms with Gasteiger partial charge in [0.25, 0.3) is 0 Å². The van der Waals surface area contributed by atoms with Crippen LogP contribution in [0.3, 0.4) is 0 Å². The highest BCUT2D eigenvalue weighted by Crippen LogP contribution is 2.21. The topological polar surface area (TPSA) is 80.7 Å². The highest BCUT2D eigenvalue weighted by atomic mass is 32.2. The average Bonchev–Trinajstić information content (AvgIpc) is 2.34. The van der Waals surface area contributed by atoms with Crippen LogP contribution in [0.25, 0.3) is 0 Å². The molecule has 3 N–H and O–H groups in total. The number of aryl methyl sites for hydroxylation is 1. The lowest BCUT2D eigenvalue weighted by atomic mass is 10.2. The fraction of sp³-hybridized carbons (Fsp3) is 0.455. The fourth-order valence-corrected chi connectivity index (χ4v) is 2.26. The second-order valence-corrected chi connectivity index (χ2v) is 4.57. The second-order valence-electron chi connectivity index (χ2n) is 3.49. The number of pyridine rings is 1. The molecule has 0 bridgehead atoms. The van der Waals surface area contributed by atoms with E-state index in [1.54, 1.807) is 18.9 Å². The molecule has 17 heavy (non-hydrogen) atoms. The number of thioether (sulfide) groups is 1. The number of oxime groups is 1. The summed E-state index contributed by atoms with van der Waals surface area (Å²) in [6.07, 6.45) is 0.937. The molecule has 6 heteroatoms. The number of methoxy groups -OCH3 is 1. The van der Waals surface area contributed by atoms with E-state index in [2.05, 4.69) is 10.1 Å². The lowest BCUT2D eigenvalue weighted by Crippen LogP contribution is -2.15. The number of rotatable bonds is 6. The second kappa shape index (κ2) is 7.13. The minimum absolute atomic E-state index is 0.0896. The van der Waals surface area contributed by atoms with E-state index in [4.69, 9.17) is 15.7 Å². The minimum Gasteiger partial charge on any atom is -0.409 e. The molecule has 0 saturated carbocycles. The molecule has 0 spiro atoms. The molecule has 0 aromatic carbocycles. The van der Waals surface area contributed by atoms with Crippen molar-refractivity contribution in [1.82, 2.24) is 4.98 Å². The molecule has 1 heterocycles. The molecule has 1 aromatic heterocycles. The maximum absolute atomic E-state index is 8.70. The highest BCUT2D eigenvalue weighted by Gasteiger charge is 2.09. The molecular weight excluding hydrogens is 238 g/mol. The number of hydrogen-bond donors (Lipinski definition) is 2. The number of amidine groups is 1. The Labute approximate surface area is 105 Å². The summed E-state index contributed by atoms with van der Waals surface area (Å²) in [5.74, 6) is 0.974. The van der Waals surface area contributed by atoms with Crippen LogP contribution in [0.2, 0.25) is 0 Å². The Balaban J connectivity index is 2.77. The molecule has 0 fully saturated rings. The zero-order valence-electron chi connectivity index (χ0n) is 10.0. The van der Waals surface area contributed by atoms with Crippen molar-refractivity contribution >= 4 is 17.6 Å². The van der Waals surface area contributed by atoms with Gasteiger partial charge in [0.15, 0.2) is 5.84 Å². The summed E-state index contributed by atoms with van der Waals surface area (Å²) < 4.78 is 4.98. The van der Waals surface area contributed by atoms with Gasteiger partial charge in [-0.2, -0.15) is 0 Å². The zero-order valence-corrected chi connectivity index (χ0v) is 10.8. The van der Waals surface area contributed by atoms with Gasteiger partial charge in [-0.25, -0.2) is 4.98 Å². The van der Waals surface area contributed by atoms with Gasteiger partial charge in [-0.05, 0) is 25.5 Å². The predicted octanol–water partition coefficient (Wildman–Crippen LogP) is 1.61. The lowest BCUT2D eigenvalue weighted by molar-refractivity contribution is 0.200. The van der Waals surface area contributed by atoms with Gasteiger partial charge in [0.2, 0.25) is 0 Å². The van der Waals surface area contributed by atoms with E-state index < -0.39 is 0 Å². The van der Waals surface area contributed by atoms with Crippen LogP contribution in [-0.2, 0) is 4.74 Å². The first-order chi connectivity index (χ1) is 8.19. The molecule has 0 aliphatic carbocycles. The molecule has 5 nitrogen and oxygen atoms in total. The first-order valence-electron chi connectivity index (χ1n) is 5.26. The Hall–Kier alpha value is -1.27. The number of hydrogen-bond acceptors (Lipinski definition) is 5. The molecule has 0 radical (unpaired) electrons. The van der Waals surface area contributed by atoms with Crippen LogP contribution in [0.5, 0.6) is 0 Å². The van der Waals surface area contributed by atoms with Gasteiger partial charge in [-0.3, -0.25) is 0 Å². The summed E-state index contributed by atoms with van der Waals surface area (Å²) >= 11 is 1.58. The van der Waals surface area contributed by atoms with Crippen molar-refractivity contribution in [3.8, 4) is 0 Å². The van der Waals surface area contributed by atoms with E-state index in [9.17, 15) is 0 Å². The molecule has 1 aromatic rings. The molecule has 0 aliphatic heterocycles. The first-order valence-corrected chi connectivity index (χ1v) is 6.25. The van der Waals surface area contributed by atoms with Gasteiger partial charge in [-0.15, -0.1) is 11.8 Å². The van der Waals surface area contributed by atoms with Gasteiger partial charge in [0.05, 0.1) is 5.56 Å². The summed E-state index contributed by atoms with van der Waals surface area (Å²) in [6.45, 7) is 2.63. The summed E-state index contributed by atoms with van der Waals surface area (Å²) in [6, 6.07) is 3.66. The number of aromatic nitrogens is 1. The normalized spacial score (nSPS) is 11.8. The quantitative estimate of drug-likeness (QED) is 0.202. The van der Waals surface area contributed by atoms with Crippen molar-refractivity contribution in [2.45, 2.75) is 18.4 Å². The molecule has 0 aliphatic rings. The first kappa shape index (κ1) is 13.8. The van der Waals surface area contributed by atoms with E-state index in [-0.39, 0.29) is 5.84 Å². The van der Waals surface area contributed by atoms with Crippen molar-refractivity contribution < 1.29 is 9.94 Å². The van der Waals surface area contributed by atoms with Crippen LogP contribution < -0.4 is 5.73 Å². The minimum atomic E-state index is 0.0896. The maximum atomic E-state index is 8.70. The Morgan fingerprint density at radius 2 is 2.35 bits per heavy atom. The van der Waals surface area contributed by atoms with E-state index in [1.165, 1.54) is 0 Å². The smallest absolute Gasteiger partial charge is 0.172 e. The van der Waals surface area contributed by atoms with Gasteiger partial charge in [-0.1, -0.05) is 5.16 Å². The Morgan fingerprint density at radius 3 is 3.00 bits per heavy atom. The van der Waals surface area contributed by atoms with Gasteiger partial charge < -0.3 is 15.7 Å². The Bertz CT molecular complexity index is 396. The monoisotopic (exact) mass is 255 g/mol. The molecule has 1 rings (SSSR count). The molecule has 0 saturated heterocycles. The van der Waals surface area contributed by atoms with Crippen molar-refractivity contribution in [2.75, 3.05) is 19.5 Å². The van der Waals surface area contributed by atoms with Gasteiger partial charge in [0, 0.05) is 25.2 Å². The number of nitrogens with zero attached hydrogens (tertiary/aromatic N) is 2. The SMILES string of the molecule is COCCCSc1nc(C)ccc1/C(N)=N/O. The molecule has 0 atom stereocenters. The van der Waals surface area contributed by atoms with Crippen LogP contribution >= 0.6 is 11.8 Å². The molecular formula is C11H17N3O2S. The summed E-state index contributed by atoms with van der Waals surface area (Å²) in [4.78, 5) is 4.39. The van der Waals surface area contributed by atoms with Gasteiger partial charge in [0.1, 0.15) is 5.03 Å². The number of nitrogens with two attached hydrogens (primary N) is 1. The van der Waals surface area contributed by atoms with E-state index >= 15 is 0 Å². The summed E-state index contributed by atoms with van der Waals surface area (Å²) in [5, 5.41) is 12.5. The predicted molar refractivity (Wildman–Crippen MR) is 68.7 cm³/mol.